The monoisotopic (exact) mass is 381 g/mol. The first-order valence-electron chi connectivity index (χ1n) is 8.84. The number of allylic oxidation sites excluding steroid dienone is 1. The Bertz CT molecular complexity index is 1130. The lowest BCUT2D eigenvalue weighted by molar-refractivity contribution is 1.17. The first kappa shape index (κ1) is 19.4. The van der Waals surface area contributed by atoms with Gasteiger partial charge in [-0.25, -0.2) is 0 Å². The second kappa shape index (κ2) is 8.55. The average Bonchev–Trinajstić information content (AvgIpc) is 2.69. The third-order valence-electron chi connectivity index (χ3n) is 4.17. The van der Waals surface area contributed by atoms with E-state index in [4.69, 9.17) is 16.3 Å². The molecular formula is C22H19N7. The van der Waals surface area contributed by atoms with Crippen molar-refractivity contribution in [1.29, 1.82) is 10.5 Å². The van der Waals surface area contributed by atoms with Crippen LogP contribution >= 0.6 is 0 Å². The van der Waals surface area contributed by atoms with Crippen molar-refractivity contribution < 1.29 is 0 Å². The summed E-state index contributed by atoms with van der Waals surface area (Å²) in [5.74, 6) is 1.23. The minimum Gasteiger partial charge on any atom is -0.383 e. The molecule has 0 amide bonds. The van der Waals surface area contributed by atoms with E-state index >= 15 is 0 Å². The maximum Gasteiger partial charge on any atom is 0.231 e. The summed E-state index contributed by atoms with van der Waals surface area (Å²) in [7, 11) is 0. The Kier molecular flexibility index (Phi) is 5.72. The van der Waals surface area contributed by atoms with Crippen molar-refractivity contribution in [3.8, 4) is 12.1 Å². The Morgan fingerprint density at radius 3 is 2.28 bits per heavy atom. The van der Waals surface area contributed by atoms with E-state index in [0.29, 0.717) is 23.1 Å². The van der Waals surface area contributed by atoms with Gasteiger partial charge in [-0.15, -0.1) is 0 Å². The molecule has 0 saturated carbocycles. The predicted octanol–water partition coefficient (Wildman–Crippen LogP) is 4.57. The maximum atomic E-state index is 8.90. The summed E-state index contributed by atoms with van der Waals surface area (Å²) in [5.41, 5.74) is 11.2. The Morgan fingerprint density at radius 1 is 0.966 bits per heavy atom. The van der Waals surface area contributed by atoms with Crippen LogP contribution in [0, 0.1) is 36.5 Å². The molecule has 3 aromatic rings. The topological polar surface area (TPSA) is 123 Å². The summed E-state index contributed by atoms with van der Waals surface area (Å²) in [6.07, 6.45) is 3.22. The van der Waals surface area contributed by atoms with E-state index < -0.39 is 0 Å². The molecule has 7 nitrogen and oxygen atoms in total. The lowest BCUT2D eigenvalue weighted by Crippen LogP contribution is -2.05. The fourth-order valence-electron chi connectivity index (χ4n) is 2.90. The summed E-state index contributed by atoms with van der Waals surface area (Å²) < 4.78 is 0. The number of nitrogens with two attached hydrogens (primary N) is 1. The lowest BCUT2D eigenvalue weighted by Gasteiger charge is -2.15. The average molecular weight is 381 g/mol. The highest BCUT2D eigenvalue weighted by Crippen LogP contribution is 2.27. The van der Waals surface area contributed by atoms with Gasteiger partial charge in [-0.2, -0.15) is 20.5 Å². The molecule has 0 spiro atoms. The number of nitriles is 2. The number of anilines is 5. The molecule has 0 radical (unpaired) electrons. The Hall–Kier alpha value is -4.36. The van der Waals surface area contributed by atoms with Crippen LogP contribution in [0.1, 0.15) is 22.3 Å². The third-order valence-corrected chi connectivity index (χ3v) is 4.17. The smallest absolute Gasteiger partial charge is 0.231 e. The van der Waals surface area contributed by atoms with E-state index in [1.807, 2.05) is 32.0 Å². The summed E-state index contributed by atoms with van der Waals surface area (Å²) in [5, 5.41) is 24.0. The number of rotatable bonds is 5. The molecule has 0 aliphatic rings. The van der Waals surface area contributed by atoms with Crippen LogP contribution < -0.4 is 16.4 Å². The molecule has 142 valence electrons. The normalized spacial score (nSPS) is 10.3. The van der Waals surface area contributed by atoms with Crippen LogP contribution in [-0.2, 0) is 0 Å². The zero-order chi connectivity index (χ0) is 20.8. The number of nitrogen functional groups attached to an aromatic ring is 1. The summed E-state index contributed by atoms with van der Waals surface area (Å²) in [6.45, 7) is 3.97. The van der Waals surface area contributed by atoms with Crippen molar-refractivity contribution in [2.75, 3.05) is 16.4 Å². The molecule has 0 bridgehead atoms. The molecule has 29 heavy (non-hydrogen) atoms. The van der Waals surface area contributed by atoms with Gasteiger partial charge in [0.25, 0.3) is 0 Å². The van der Waals surface area contributed by atoms with E-state index in [1.165, 1.54) is 6.08 Å². The minimum absolute atomic E-state index is 0.322. The van der Waals surface area contributed by atoms with Gasteiger partial charge in [-0.3, -0.25) is 0 Å². The largest absolute Gasteiger partial charge is 0.383 e. The SMILES string of the molecule is Cc1cc(/C=C/C#N)cc(C)c1Nc1cc(N)nc(Nc2ccc(C#N)cc2)n1. The molecule has 2 aromatic carbocycles. The van der Waals surface area contributed by atoms with Gasteiger partial charge in [0.05, 0.1) is 17.7 Å². The number of nitrogens with zero attached hydrogens (tertiary/aromatic N) is 4. The fourth-order valence-corrected chi connectivity index (χ4v) is 2.90. The van der Waals surface area contributed by atoms with Gasteiger partial charge in [0.1, 0.15) is 11.6 Å². The molecule has 7 heteroatoms. The van der Waals surface area contributed by atoms with E-state index in [2.05, 4.69) is 26.7 Å². The highest BCUT2D eigenvalue weighted by atomic mass is 15.2. The number of hydrogen-bond donors (Lipinski definition) is 3. The number of aryl methyl sites for hydroxylation is 2. The molecule has 0 saturated heterocycles. The molecule has 0 atom stereocenters. The maximum absolute atomic E-state index is 8.90. The number of benzene rings is 2. The molecule has 0 aliphatic heterocycles. The van der Waals surface area contributed by atoms with Gasteiger partial charge in [0.15, 0.2) is 0 Å². The molecule has 0 fully saturated rings. The Balaban J connectivity index is 1.86. The van der Waals surface area contributed by atoms with Gasteiger partial charge < -0.3 is 16.4 Å². The van der Waals surface area contributed by atoms with Crippen LogP contribution in [0.2, 0.25) is 0 Å². The van der Waals surface area contributed by atoms with Crippen LogP contribution in [0.5, 0.6) is 0 Å². The van der Waals surface area contributed by atoms with Crippen LogP contribution in [0.25, 0.3) is 6.08 Å². The van der Waals surface area contributed by atoms with E-state index in [1.54, 1.807) is 36.4 Å². The van der Waals surface area contributed by atoms with Gasteiger partial charge in [-0.1, -0.05) is 0 Å². The van der Waals surface area contributed by atoms with Crippen molar-refractivity contribution >= 4 is 35.0 Å². The van der Waals surface area contributed by atoms with Crippen molar-refractivity contribution in [3.05, 3.63) is 70.8 Å². The predicted molar refractivity (Wildman–Crippen MR) is 115 cm³/mol. The van der Waals surface area contributed by atoms with E-state index in [0.717, 1.165) is 28.1 Å². The summed E-state index contributed by atoms with van der Waals surface area (Å²) >= 11 is 0. The third kappa shape index (κ3) is 4.88. The van der Waals surface area contributed by atoms with E-state index in [9.17, 15) is 0 Å². The Labute approximate surface area is 169 Å². The number of nitrogens with one attached hydrogen (secondary N) is 2. The van der Waals surface area contributed by atoms with E-state index in [-0.39, 0.29) is 0 Å². The van der Waals surface area contributed by atoms with Crippen LogP contribution in [-0.4, -0.2) is 9.97 Å². The second-order valence-corrected chi connectivity index (χ2v) is 6.43. The molecule has 1 heterocycles. The lowest BCUT2D eigenvalue weighted by atomic mass is 10.0. The molecule has 0 unspecified atom stereocenters. The Morgan fingerprint density at radius 2 is 1.66 bits per heavy atom. The molecule has 1 aromatic heterocycles. The first-order valence-corrected chi connectivity index (χ1v) is 8.84. The zero-order valence-electron chi connectivity index (χ0n) is 16.1. The van der Waals surface area contributed by atoms with Crippen molar-refractivity contribution in [1.82, 2.24) is 9.97 Å². The van der Waals surface area contributed by atoms with Crippen molar-refractivity contribution in [3.63, 3.8) is 0 Å². The first-order chi connectivity index (χ1) is 14.0. The fraction of sp³-hybridized carbons (Fsp3) is 0.0909. The zero-order valence-corrected chi connectivity index (χ0v) is 16.1. The van der Waals surface area contributed by atoms with Crippen molar-refractivity contribution in [2.45, 2.75) is 13.8 Å². The van der Waals surface area contributed by atoms with Crippen LogP contribution in [0.15, 0.2) is 48.5 Å². The summed E-state index contributed by atoms with van der Waals surface area (Å²) in [4.78, 5) is 8.70. The minimum atomic E-state index is 0.322. The van der Waals surface area contributed by atoms with Crippen LogP contribution in [0.4, 0.5) is 29.0 Å². The molecular weight excluding hydrogens is 362 g/mol. The van der Waals surface area contributed by atoms with Crippen molar-refractivity contribution in [2.24, 2.45) is 0 Å². The van der Waals surface area contributed by atoms with Gasteiger partial charge in [0, 0.05) is 23.5 Å². The number of aromatic nitrogens is 2. The molecule has 4 N–H and O–H groups in total. The summed E-state index contributed by atoms with van der Waals surface area (Å²) in [6, 6.07) is 16.7. The molecule has 0 aliphatic carbocycles. The quantitative estimate of drug-likeness (QED) is 0.553. The highest BCUT2D eigenvalue weighted by Gasteiger charge is 2.09. The molecule has 3 rings (SSSR count). The van der Waals surface area contributed by atoms with Crippen LogP contribution in [0.3, 0.4) is 0 Å². The standard InChI is InChI=1S/C22H19N7/c1-14-10-17(4-3-9-23)11-15(2)21(14)28-20-12-19(25)27-22(29-20)26-18-7-5-16(13-24)6-8-18/h3-8,10-12H,1-2H3,(H4,25,26,27,28,29)/b4-3+. The highest BCUT2D eigenvalue weighted by molar-refractivity contribution is 5.70. The van der Waals surface area contributed by atoms with Gasteiger partial charge in [0.2, 0.25) is 5.95 Å². The van der Waals surface area contributed by atoms with Gasteiger partial charge >= 0.3 is 0 Å². The second-order valence-electron chi connectivity index (χ2n) is 6.43. The van der Waals surface area contributed by atoms with Gasteiger partial charge in [-0.05, 0) is 73.0 Å². The number of hydrogen-bond acceptors (Lipinski definition) is 7.